The predicted molar refractivity (Wildman–Crippen MR) is 145 cm³/mol. The molecule has 0 bridgehead atoms. The molecule has 1 aromatic carbocycles. The molecule has 38 heavy (non-hydrogen) atoms. The van der Waals surface area contributed by atoms with Crippen molar-refractivity contribution in [1.82, 2.24) is 19.9 Å². The molecule has 3 aromatic rings. The fourth-order valence-corrected chi connectivity index (χ4v) is 5.50. The lowest BCUT2D eigenvalue weighted by atomic mass is 9.74. The molecule has 4 rings (SSSR count). The maximum absolute atomic E-state index is 14.2. The van der Waals surface area contributed by atoms with Crippen LogP contribution in [0.1, 0.15) is 74.7 Å². The molecular formula is C29H36F2N6O. The number of rotatable bonds is 7. The number of methoxy groups -OCH3 is 1. The Labute approximate surface area is 223 Å². The molecule has 1 aliphatic heterocycles. The van der Waals surface area contributed by atoms with Crippen LogP contribution in [0.5, 0.6) is 5.88 Å². The number of hydrogen-bond acceptors (Lipinski definition) is 7. The highest BCUT2D eigenvalue weighted by atomic mass is 19.3. The summed E-state index contributed by atoms with van der Waals surface area (Å²) in [5, 5.41) is 14.5. The SMILES string of the molecule is COc1nc2nc(C)nc(N[C@H](C)c3cccc(C(C)(F)F)c3C)c2cc1C1(C#N)CCN(C(C)C)CC1. The zero-order valence-corrected chi connectivity index (χ0v) is 23.2. The van der Waals surface area contributed by atoms with E-state index in [2.05, 4.69) is 40.1 Å². The van der Waals surface area contributed by atoms with Gasteiger partial charge in [0.1, 0.15) is 11.6 Å². The van der Waals surface area contributed by atoms with Crippen molar-refractivity contribution in [2.45, 2.75) is 77.8 Å². The van der Waals surface area contributed by atoms with Gasteiger partial charge in [-0.05, 0) is 64.7 Å². The van der Waals surface area contributed by atoms with E-state index in [-0.39, 0.29) is 11.6 Å². The van der Waals surface area contributed by atoms with Crippen molar-refractivity contribution < 1.29 is 13.5 Å². The maximum atomic E-state index is 14.2. The maximum Gasteiger partial charge on any atom is 0.270 e. The highest BCUT2D eigenvalue weighted by Crippen LogP contribution is 2.42. The van der Waals surface area contributed by atoms with Crippen LogP contribution in [0.15, 0.2) is 24.3 Å². The van der Waals surface area contributed by atoms with E-state index >= 15 is 0 Å². The number of alkyl halides is 2. The van der Waals surface area contributed by atoms with E-state index in [0.717, 1.165) is 31.1 Å². The molecule has 0 amide bonds. The molecule has 1 N–H and O–H groups in total. The van der Waals surface area contributed by atoms with Crippen molar-refractivity contribution in [1.29, 1.82) is 5.26 Å². The largest absolute Gasteiger partial charge is 0.481 e. The van der Waals surface area contributed by atoms with Gasteiger partial charge < -0.3 is 15.0 Å². The van der Waals surface area contributed by atoms with E-state index < -0.39 is 11.3 Å². The summed E-state index contributed by atoms with van der Waals surface area (Å²) in [4.78, 5) is 16.3. The Morgan fingerprint density at radius 2 is 1.82 bits per heavy atom. The van der Waals surface area contributed by atoms with Gasteiger partial charge in [-0.15, -0.1) is 0 Å². The van der Waals surface area contributed by atoms with E-state index in [1.807, 2.05) is 19.1 Å². The summed E-state index contributed by atoms with van der Waals surface area (Å²) in [6.45, 7) is 12.3. The first-order valence-corrected chi connectivity index (χ1v) is 13.0. The van der Waals surface area contributed by atoms with Gasteiger partial charge in [0.05, 0.1) is 30.0 Å². The third-order valence-electron chi connectivity index (χ3n) is 7.74. The minimum absolute atomic E-state index is 0.00441. The number of nitrogens with zero attached hydrogens (tertiary/aromatic N) is 5. The summed E-state index contributed by atoms with van der Waals surface area (Å²) in [5.74, 6) is -1.50. The number of aromatic nitrogens is 3. The molecule has 2 aromatic heterocycles. The Bertz CT molecular complexity index is 1370. The van der Waals surface area contributed by atoms with Crippen LogP contribution in [0.3, 0.4) is 0 Å². The lowest BCUT2D eigenvalue weighted by Crippen LogP contribution is -2.44. The number of benzene rings is 1. The van der Waals surface area contributed by atoms with Crippen LogP contribution in [-0.4, -0.2) is 46.1 Å². The van der Waals surface area contributed by atoms with Gasteiger partial charge in [-0.2, -0.15) is 10.2 Å². The lowest BCUT2D eigenvalue weighted by Gasteiger charge is -2.39. The molecule has 0 radical (unpaired) electrons. The minimum Gasteiger partial charge on any atom is -0.481 e. The lowest BCUT2D eigenvalue weighted by molar-refractivity contribution is 0.0167. The molecule has 202 valence electrons. The number of nitriles is 1. The van der Waals surface area contributed by atoms with Gasteiger partial charge >= 0.3 is 0 Å². The summed E-state index contributed by atoms with van der Waals surface area (Å²) in [6, 6.07) is 9.55. The number of fused-ring (bicyclic) bond motifs is 1. The highest BCUT2D eigenvalue weighted by molar-refractivity contribution is 5.88. The van der Waals surface area contributed by atoms with Gasteiger partial charge in [0.2, 0.25) is 5.88 Å². The summed E-state index contributed by atoms with van der Waals surface area (Å²) in [7, 11) is 1.56. The number of anilines is 1. The van der Waals surface area contributed by atoms with Crippen LogP contribution in [0.25, 0.3) is 11.0 Å². The minimum atomic E-state index is -2.94. The molecule has 1 aliphatic rings. The zero-order valence-electron chi connectivity index (χ0n) is 23.2. The van der Waals surface area contributed by atoms with E-state index in [1.165, 1.54) is 6.07 Å². The molecule has 7 nitrogen and oxygen atoms in total. The van der Waals surface area contributed by atoms with Gasteiger partial charge in [-0.25, -0.2) is 18.7 Å². The summed E-state index contributed by atoms with van der Waals surface area (Å²) in [5.41, 5.74) is 1.73. The molecule has 0 spiro atoms. The van der Waals surface area contributed by atoms with Crippen LogP contribution >= 0.6 is 0 Å². The smallest absolute Gasteiger partial charge is 0.270 e. The normalized spacial score (nSPS) is 16.9. The van der Waals surface area contributed by atoms with Crippen molar-refractivity contribution in [2.75, 3.05) is 25.5 Å². The Morgan fingerprint density at radius 3 is 2.39 bits per heavy atom. The average Bonchev–Trinajstić information content (AvgIpc) is 2.87. The fraction of sp³-hybridized carbons (Fsp3) is 0.517. The van der Waals surface area contributed by atoms with Crippen molar-refractivity contribution in [3.8, 4) is 11.9 Å². The van der Waals surface area contributed by atoms with Gasteiger partial charge in [0.25, 0.3) is 5.92 Å². The summed E-state index contributed by atoms with van der Waals surface area (Å²) >= 11 is 0. The number of halogens is 2. The quantitative estimate of drug-likeness (QED) is 0.395. The topological polar surface area (TPSA) is 87.0 Å². The summed E-state index contributed by atoms with van der Waals surface area (Å²) < 4.78 is 34.0. The Kier molecular flexibility index (Phi) is 7.57. The number of likely N-dealkylation sites (tertiary alicyclic amines) is 1. The van der Waals surface area contributed by atoms with Crippen LogP contribution < -0.4 is 10.1 Å². The number of nitrogens with one attached hydrogen (secondary N) is 1. The second-order valence-electron chi connectivity index (χ2n) is 10.6. The van der Waals surface area contributed by atoms with Crippen molar-refractivity contribution >= 4 is 16.9 Å². The number of ether oxygens (including phenoxy) is 1. The standard InChI is InChI=1S/C29H36F2N6O/c1-17(2)37-13-11-29(16-32,12-14-37)24-15-22-25(34-20(5)35-26(22)36-27(24)38-7)33-19(4)21-9-8-10-23(18(21)3)28(6,30)31/h8-10,15,17,19H,11-14H2,1-7H3,(H,33,34,35,36)/t19-/m1/s1. The molecular weight excluding hydrogens is 486 g/mol. The Morgan fingerprint density at radius 1 is 1.13 bits per heavy atom. The fourth-order valence-electron chi connectivity index (χ4n) is 5.50. The first-order chi connectivity index (χ1) is 17.9. The number of piperidine rings is 1. The molecule has 1 atom stereocenters. The monoisotopic (exact) mass is 522 g/mol. The van der Waals surface area contributed by atoms with Gasteiger partial charge in [-0.3, -0.25) is 0 Å². The summed E-state index contributed by atoms with van der Waals surface area (Å²) in [6.07, 6.45) is 1.32. The van der Waals surface area contributed by atoms with Crippen LogP contribution in [0.2, 0.25) is 0 Å². The zero-order chi connectivity index (χ0) is 27.8. The van der Waals surface area contributed by atoms with E-state index in [4.69, 9.17) is 9.72 Å². The molecule has 3 heterocycles. The van der Waals surface area contributed by atoms with E-state index in [9.17, 15) is 14.0 Å². The van der Waals surface area contributed by atoms with Crippen molar-refractivity contribution in [2.24, 2.45) is 0 Å². The van der Waals surface area contributed by atoms with Gasteiger partial charge in [0, 0.05) is 37.2 Å². The first-order valence-electron chi connectivity index (χ1n) is 13.0. The third kappa shape index (κ3) is 5.14. The second-order valence-corrected chi connectivity index (χ2v) is 10.6. The Hall–Kier alpha value is -3.38. The third-order valence-corrected chi connectivity index (χ3v) is 7.74. The van der Waals surface area contributed by atoms with Crippen LogP contribution in [0.4, 0.5) is 14.6 Å². The number of aryl methyl sites for hydroxylation is 1. The van der Waals surface area contributed by atoms with Gasteiger partial charge in [0.15, 0.2) is 5.65 Å². The molecule has 1 saturated heterocycles. The molecule has 0 unspecified atom stereocenters. The molecule has 9 heteroatoms. The molecule has 0 aliphatic carbocycles. The predicted octanol–water partition coefficient (Wildman–Crippen LogP) is 6.20. The van der Waals surface area contributed by atoms with Crippen molar-refractivity contribution in [3.63, 3.8) is 0 Å². The number of pyridine rings is 1. The van der Waals surface area contributed by atoms with E-state index in [1.54, 1.807) is 27.0 Å². The highest BCUT2D eigenvalue weighted by Gasteiger charge is 2.40. The van der Waals surface area contributed by atoms with Crippen LogP contribution in [0, 0.1) is 25.2 Å². The first kappa shape index (κ1) is 27.6. The van der Waals surface area contributed by atoms with E-state index in [0.29, 0.717) is 53.0 Å². The Balaban J connectivity index is 1.79. The number of hydrogen-bond donors (Lipinski definition) is 1. The second kappa shape index (κ2) is 10.4. The van der Waals surface area contributed by atoms with Gasteiger partial charge in [-0.1, -0.05) is 18.2 Å². The molecule has 0 saturated carbocycles. The van der Waals surface area contributed by atoms with Crippen molar-refractivity contribution in [3.05, 3.63) is 52.3 Å². The average molecular weight is 523 g/mol. The van der Waals surface area contributed by atoms with Crippen LogP contribution in [-0.2, 0) is 11.3 Å². The molecule has 1 fully saturated rings.